The van der Waals surface area contributed by atoms with Crippen LogP contribution >= 0.6 is 0 Å². The lowest BCUT2D eigenvalue weighted by Crippen LogP contribution is -2.13. The van der Waals surface area contributed by atoms with Gasteiger partial charge >= 0.3 is 11.7 Å². The van der Waals surface area contributed by atoms with E-state index in [1.807, 2.05) is 6.92 Å². The van der Waals surface area contributed by atoms with E-state index in [1.165, 1.54) is 19.1 Å². The molecule has 8 nitrogen and oxygen atoms in total. The van der Waals surface area contributed by atoms with E-state index in [-0.39, 0.29) is 22.8 Å². The molecular formula is C15H18N2O6. The summed E-state index contributed by atoms with van der Waals surface area (Å²) in [5.41, 5.74) is -0.445. The first-order valence-electron chi connectivity index (χ1n) is 7.04. The molecule has 1 rings (SSSR count). The number of non-ortho nitro benzene ring substituents is 1. The second-order valence-electron chi connectivity index (χ2n) is 5.07. The van der Waals surface area contributed by atoms with Gasteiger partial charge < -0.3 is 4.74 Å². The second kappa shape index (κ2) is 7.48. The number of nitro groups is 2. The van der Waals surface area contributed by atoms with Gasteiger partial charge in [-0.2, -0.15) is 0 Å². The average Bonchev–Trinajstić information content (AvgIpc) is 2.52. The zero-order valence-electron chi connectivity index (χ0n) is 13.4. The van der Waals surface area contributed by atoms with Crippen LogP contribution in [-0.4, -0.2) is 15.8 Å². The van der Waals surface area contributed by atoms with Gasteiger partial charge in [-0.3, -0.25) is 20.2 Å². The van der Waals surface area contributed by atoms with Crippen molar-refractivity contribution >= 4 is 17.3 Å². The first-order valence-corrected chi connectivity index (χ1v) is 7.04. The van der Waals surface area contributed by atoms with Crippen molar-refractivity contribution in [3.05, 3.63) is 49.6 Å². The zero-order valence-corrected chi connectivity index (χ0v) is 13.4. The Morgan fingerprint density at radius 2 is 1.91 bits per heavy atom. The third-order valence-electron chi connectivity index (χ3n) is 3.58. The third-order valence-corrected chi connectivity index (χ3v) is 3.58. The molecule has 1 aromatic rings. The Labute approximate surface area is 133 Å². The molecule has 0 spiro atoms. The molecule has 1 aromatic carbocycles. The van der Waals surface area contributed by atoms with Crippen LogP contribution in [0.3, 0.4) is 0 Å². The summed E-state index contributed by atoms with van der Waals surface area (Å²) >= 11 is 0. The molecular weight excluding hydrogens is 304 g/mol. The maximum atomic E-state index is 12.0. The highest BCUT2D eigenvalue weighted by Crippen LogP contribution is 2.40. The molecule has 0 aliphatic heterocycles. The number of benzene rings is 1. The van der Waals surface area contributed by atoms with Gasteiger partial charge in [-0.15, -0.1) is 0 Å². The van der Waals surface area contributed by atoms with Crippen LogP contribution < -0.4 is 4.74 Å². The minimum Gasteiger partial charge on any atom is -0.415 e. The summed E-state index contributed by atoms with van der Waals surface area (Å²) in [5.74, 6) is -1.21. The fraction of sp³-hybridized carbons (Fsp3) is 0.400. The molecule has 0 saturated heterocycles. The van der Waals surface area contributed by atoms with E-state index in [2.05, 4.69) is 0 Å². The molecule has 0 saturated carbocycles. The molecule has 0 N–H and O–H groups in total. The number of ether oxygens (including phenoxy) is 1. The van der Waals surface area contributed by atoms with Crippen molar-refractivity contribution in [2.24, 2.45) is 0 Å². The van der Waals surface area contributed by atoms with Crippen molar-refractivity contribution < 1.29 is 19.4 Å². The van der Waals surface area contributed by atoms with Gasteiger partial charge in [0.25, 0.3) is 5.69 Å². The molecule has 0 bridgehead atoms. The lowest BCUT2D eigenvalue weighted by Gasteiger charge is -2.15. The van der Waals surface area contributed by atoms with Crippen molar-refractivity contribution in [3.8, 4) is 5.75 Å². The van der Waals surface area contributed by atoms with Crippen LogP contribution in [-0.2, 0) is 4.79 Å². The number of carbonyl (C=O) groups is 1. The summed E-state index contributed by atoms with van der Waals surface area (Å²) in [6.45, 7) is 6.74. The van der Waals surface area contributed by atoms with Gasteiger partial charge in [-0.25, -0.2) is 4.79 Å². The predicted octanol–water partition coefficient (Wildman–Crippen LogP) is 3.89. The Hall–Kier alpha value is -2.77. The summed E-state index contributed by atoms with van der Waals surface area (Å²) in [6.07, 6.45) is 2.09. The monoisotopic (exact) mass is 322 g/mol. The minimum atomic E-state index is -0.785. The number of esters is 1. The van der Waals surface area contributed by atoms with Gasteiger partial charge in [0.1, 0.15) is 0 Å². The molecule has 8 heteroatoms. The highest BCUT2D eigenvalue weighted by atomic mass is 16.6. The second-order valence-corrected chi connectivity index (χ2v) is 5.07. The third kappa shape index (κ3) is 4.12. The molecule has 0 aliphatic carbocycles. The number of rotatable bonds is 6. The van der Waals surface area contributed by atoms with Crippen LogP contribution in [0.5, 0.6) is 5.75 Å². The average molecular weight is 322 g/mol. The SMILES string of the molecule is C/C=C(\C)C(=O)Oc1c(C(C)CC)cc([N+](=O)[O-])cc1[N+](=O)[O-]. The standard InChI is InChI=1S/C15H18N2O6/c1-5-9(3)12-7-11(16(19)20)8-13(17(21)22)14(12)23-15(18)10(4)6-2/h6-9H,5H2,1-4H3/b10-6+. The van der Waals surface area contributed by atoms with E-state index in [0.29, 0.717) is 6.42 Å². The van der Waals surface area contributed by atoms with Crippen LogP contribution in [0.15, 0.2) is 23.8 Å². The molecule has 0 aliphatic rings. The summed E-state index contributed by atoms with van der Waals surface area (Å²) < 4.78 is 5.18. The maximum absolute atomic E-state index is 12.0. The number of carbonyl (C=O) groups excluding carboxylic acids is 1. The molecule has 1 atom stereocenters. The fourth-order valence-electron chi connectivity index (χ4n) is 1.85. The molecule has 0 radical (unpaired) electrons. The van der Waals surface area contributed by atoms with Crippen molar-refractivity contribution in [1.29, 1.82) is 0 Å². The molecule has 0 amide bonds. The van der Waals surface area contributed by atoms with E-state index in [0.717, 1.165) is 6.07 Å². The van der Waals surface area contributed by atoms with Gasteiger partial charge in [-0.1, -0.05) is 19.9 Å². The highest BCUT2D eigenvalue weighted by molar-refractivity contribution is 5.90. The number of nitro benzene ring substituents is 2. The van der Waals surface area contributed by atoms with Crippen LogP contribution in [0, 0.1) is 20.2 Å². The number of hydrogen-bond acceptors (Lipinski definition) is 6. The quantitative estimate of drug-likeness (QED) is 0.258. The topological polar surface area (TPSA) is 113 Å². The summed E-state index contributed by atoms with van der Waals surface area (Å²) in [5, 5.41) is 22.3. The summed E-state index contributed by atoms with van der Waals surface area (Å²) in [4.78, 5) is 32.7. The van der Waals surface area contributed by atoms with E-state index >= 15 is 0 Å². The number of hydrogen-bond donors (Lipinski definition) is 0. The number of nitrogens with zero attached hydrogens (tertiary/aromatic N) is 2. The Balaban J connectivity index is 3.59. The molecule has 0 fully saturated rings. The Morgan fingerprint density at radius 3 is 2.35 bits per heavy atom. The molecule has 23 heavy (non-hydrogen) atoms. The molecule has 0 heterocycles. The first-order chi connectivity index (χ1) is 10.7. The van der Waals surface area contributed by atoms with E-state index in [9.17, 15) is 25.0 Å². The highest BCUT2D eigenvalue weighted by Gasteiger charge is 2.29. The summed E-state index contributed by atoms with van der Waals surface area (Å²) in [6, 6.07) is 2.02. The normalized spacial score (nSPS) is 12.6. The molecule has 124 valence electrons. The first kappa shape index (κ1) is 18.3. The van der Waals surface area contributed by atoms with Crippen molar-refractivity contribution in [2.45, 2.75) is 40.0 Å². The zero-order chi connectivity index (χ0) is 17.7. The van der Waals surface area contributed by atoms with E-state index in [4.69, 9.17) is 4.74 Å². The van der Waals surface area contributed by atoms with Gasteiger partial charge in [0.05, 0.1) is 15.9 Å². The lowest BCUT2D eigenvalue weighted by atomic mass is 9.96. The fourth-order valence-corrected chi connectivity index (χ4v) is 1.85. The van der Waals surface area contributed by atoms with Gasteiger partial charge in [-0.05, 0) is 26.2 Å². The van der Waals surface area contributed by atoms with Crippen LogP contribution in [0.2, 0.25) is 0 Å². The molecule has 0 aromatic heterocycles. The lowest BCUT2D eigenvalue weighted by molar-refractivity contribution is -0.394. The Morgan fingerprint density at radius 1 is 1.30 bits per heavy atom. The van der Waals surface area contributed by atoms with E-state index < -0.39 is 27.2 Å². The Kier molecular flexibility index (Phi) is 5.94. The van der Waals surface area contributed by atoms with Gasteiger partial charge in [0, 0.05) is 17.2 Å². The van der Waals surface area contributed by atoms with Gasteiger partial charge in [0.15, 0.2) is 0 Å². The van der Waals surface area contributed by atoms with Crippen molar-refractivity contribution in [3.63, 3.8) is 0 Å². The summed E-state index contributed by atoms with van der Waals surface area (Å²) in [7, 11) is 0. The van der Waals surface area contributed by atoms with Gasteiger partial charge in [0.2, 0.25) is 5.75 Å². The minimum absolute atomic E-state index is 0.235. The Bertz CT molecular complexity index is 681. The van der Waals surface area contributed by atoms with Crippen molar-refractivity contribution in [2.75, 3.05) is 0 Å². The largest absolute Gasteiger partial charge is 0.415 e. The van der Waals surface area contributed by atoms with Crippen molar-refractivity contribution in [1.82, 2.24) is 0 Å². The number of allylic oxidation sites excluding steroid dienone is 1. The van der Waals surface area contributed by atoms with Crippen LogP contribution in [0.1, 0.15) is 45.6 Å². The van der Waals surface area contributed by atoms with E-state index in [1.54, 1.807) is 13.8 Å². The predicted molar refractivity (Wildman–Crippen MR) is 83.5 cm³/mol. The van der Waals surface area contributed by atoms with Crippen LogP contribution in [0.25, 0.3) is 0 Å². The molecule has 1 unspecified atom stereocenters. The smallest absolute Gasteiger partial charge is 0.339 e. The maximum Gasteiger partial charge on any atom is 0.339 e. The van der Waals surface area contributed by atoms with Crippen LogP contribution in [0.4, 0.5) is 11.4 Å².